The number of halogens is 3. The minimum absolute atomic E-state index is 0.0549. The number of sulfonamides is 1. The molecule has 6 fully saturated rings. The fourth-order valence-electron chi connectivity index (χ4n) is 10.9. The quantitative estimate of drug-likeness (QED) is 0.242. The number of alkyl carbamates (subject to hydrolysis) is 1. The summed E-state index contributed by atoms with van der Waals surface area (Å²) in [6.45, 7) is 9.68. The van der Waals surface area contributed by atoms with Crippen LogP contribution in [0.4, 0.5) is 18.0 Å². The summed E-state index contributed by atoms with van der Waals surface area (Å²) in [5, 5.41) is 6.37. The molecule has 366 valence electrons. The van der Waals surface area contributed by atoms with Crippen LogP contribution in [0.5, 0.6) is 11.6 Å². The SMILES string of the molecule is C=C[C@@H]1C[C@]1(NC(=O)[C@@H]1C[C@@H]2CN1C(=O)[C@H](C(C)(C)C)NC(=O)O[C@@H]1C[C@H]1CCCCCc1c(nc3ccccc3c1OC1CC3CCC(C1)N3CC(F)(F)F)O2)C(=O)NS(=O)(=O)C1(C)CC1. The summed E-state index contributed by atoms with van der Waals surface area (Å²) >= 11 is 0. The number of nitrogens with zero attached hydrogens (tertiary/aromatic N) is 3. The van der Waals surface area contributed by atoms with Gasteiger partial charge in [-0.25, -0.2) is 18.2 Å². The number of amides is 4. The molecule has 1 aromatic carbocycles. The molecule has 9 atom stereocenters. The lowest BCUT2D eigenvalue weighted by molar-refractivity contribution is -0.158. The molecule has 7 aliphatic rings. The first-order chi connectivity index (χ1) is 31.6. The number of pyridine rings is 1. The van der Waals surface area contributed by atoms with Gasteiger partial charge >= 0.3 is 12.3 Å². The van der Waals surface area contributed by atoms with Crippen LogP contribution in [0.1, 0.15) is 117 Å². The van der Waals surface area contributed by atoms with Crippen molar-refractivity contribution in [2.24, 2.45) is 17.3 Å². The van der Waals surface area contributed by atoms with E-state index < -0.39 is 86.4 Å². The monoisotopic (exact) mass is 956 g/mol. The van der Waals surface area contributed by atoms with Crippen LogP contribution in [0.3, 0.4) is 0 Å². The highest BCUT2D eigenvalue weighted by Gasteiger charge is 2.63. The molecule has 3 saturated carbocycles. The molecule has 3 N–H and O–H groups in total. The molecule has 4 aliphatic heterocycles. The number of para-hydroxylation sites is 1. The van der Waals surface area contributed by atoms with Crippen molar-refractivity contribution in [1.29, 1.82) is 0 Å². The van der Waals surface area contributed by atoms with Gasteiger partial charge in [0, 0.05) is 29.8 Å². The van der Waals surface area contributed by atoms with E-state index in [0.717, 1.165) is 31.1 Å². The molecule has 1 aromatic heterocycles. The predicted octanol–water partition coefficient (Wildman–Crippen LogP) is 6.22. The molecule has 2 unspecified atom stereocenters. The molecule has 15 nitrogen and oxygen atoms in total. The number of fused-ring (bicyclic) bond motifs is 7. The standard InChI is InChI=1S/C48H63F3N6O9S/c1-6-28-24-47(28,43(60)55-67(62,63)46(5)18-19-46)54-40(58)36-23-32-25-56(36)42(59)39(45(2,3)4)53-44(61)66-37-20-27(37)12-8-7-9-14-34-38(33-13-10-11-15-35(33)52-41(34)65-32)64-31-21-29-16-17-30(22-31)57(29)26-48(49,50)51/h6,10-11,13,15,27-32,36-37,39H,1,7-9,12,14,16-26H2,2-5H3,(H,53,61)(H,54,58)(H,55,60)/t27-,28-,29?,30?,31?,32-,36+,37-,39-,47-/m1/s1. The Hall–Kier alpha value is -4.65. The molecule has 4 amide bonds. The molecular weight excluding hydrogens is 894 g/mol. The molecule has 0 spiro atoms. The fourth-order valence-corrected chi connectivity index (χ4v) is 12.2. The van der Waals surface area contributed by atoms with Gasteiger partial charge in [-0.3, -0.25) is 24.0 Å². The average molecular weight is 957 g/mol. The molecule has 3 aliphatic carbocycles. The van der Waals surface area contributed by atoms with E-state index in [2.05, 4.69) is 21.9 Å². The van der Waals surface area contributed by atoms with E-state index in [1.807, 2.05) is 24.3 Å². The summed E-state index contributed by atoms with van der Waals surface area (Å²) in [5.74, 6) is -1.77. The molecule has 5 heterocycles. The van der Waals surface area contributed by atoms with E-state index in [1.165, 1.54) is 11.0 Å². The second-order valence-electron chi connectivity index (χ2n) is 21.5. The number of ether oxygens (including phenoxy) is 3. The highest BCUT2D eigenvalue weighted by Crippen LogP contribution is 2.48. The lowest BCUT2D eigenvalue weighted by atomic mass is 9.85. The number of carbonyl (C=O) groups is 4. The largest absolute Gasteiger partial charge is 0.489 e. The zero-order valence-corrected chi connectivity index (χ0v) is 39.5. The lowest BCUT2D eigenvalue weighted by Gasteiger charge is -2.39. The number of hydrogen-bond donors (Lipinski definition) is 3. The minimum atomic E-state index is -4.30. The molecule has 3 saturated heterocycles. The molecule has 4 bridgehead atoms. The number of rotatable bonds is 9. The first-order valence-electron chi connectivity index (χ1n) is 23.9. The average Bonchev–Trinajstić information content (AvgIpc) is 4.21. The maximum Gasteiger partial charge on any atom is 0.408 e. The molecule has 19 heteroatoms. The Kier molecular flexibility index (Phi) is 12.3. The van der Waals surface area contributed by atoms with Crippen LogP contribution < -0.4 is 24.8 Å². The fraction of sp³-hybridized carbons (Fsp3) is 0.688. The second-order valence-corrected chi connectivity index (χ2v) is 23.7. The molecule has 0 radical (unpaired) electrons. The Bertz CT molecular complexity index is 2410. The summed E-state index contributed by atoms with van der Waals surface area (Å²) in [6, 6.07) is 4.55. The third-order valence-electron chi connectivity index (χ3n) is 15.4. The zero-order chi connectivity index (χ0) is 47.8. The van der Waals surface area contributed by atoms with Crippen LogP contribution in [-0.4, -0.2) is 119 Å². The third-order valence-corrected chi connectivity index (χ3v) is 17.6. The van der Waals surface area contributed by atoms with Gasteiger partial charge in [-0.05, 0) is 101 Å². The number of benzene rings is 1. The highest BCUT2D eigenvalue weighted by molar-refractivity contribution is 7.91. The van der Waals surface area contributed by atoms with E-state index in [4.69, 9.17) is 19.2 Å². The van der Waals surface area contributed by atoms with E-state index in [0.29, 0.717) is 68.2 Å². The van der Waals surface area contributed by atoms with Gasteiger partial charge < -0.3 is 29.7 Å². The number of hydrogen-bond acceptors (Lipinski definition) is 11. The summed E-state index contributed by atoms with van der Waals surface area (Å²) in [7, 11) is -4.06. The smallest absolute Gasteiger partial charge is 0.408 e. The second kappa shape index (κ2) is 17.4. The van der Waals surface area contributed by atoms with Gasteiger partial charge in [0.15, 0.2) is 0 Å². The Morgan fingerprint density at radius 3 is 2.39 bits per heavy atom. The van der Waals surface area contributed by atoms with Crippen LogP contribution >= 0.6 is 0 Å². The Labute approximate surface area is 389 Å². The van der Waals surface area contributed by atoms with Crippen molar-refractivity contribution in [2.45, 2.75) is 177 Å². The predicted molar refractivity (Wildman–Crippen MR) is 240 cm³/mol. The van der Waals surface area contributed by atoms with Crippen molar-refractivity contribution in [3.05, 3.63) is 42.5 Å². The van der Waals surface area contributed by atoms with Crippen molar-refractivity contribution in [1.82, 2.24) is 30.1 Å². The Balaban J connectivity index is 1.05. The van der Waals surface area contributed by atoms with Crippen molar-refractivity contribution in [2.75, 3.05) is 13.1 Å². The van der Waals surface area contributed by atoms with Crippen molar-refractivity contribution >= 4 is 44.7 Å². The Morgan fingerprint density at radius 2 is 1.73 bits per heavy atom. The summed E-state index contributed by atoms with van der Waals surface area (Å²) in [5.41, 5.74) is -1.24. The zero-order valence-electron chi connectivity index (χ0n) is 38.7. The summed E-state index contributed by atoms with van der Waals surface area (Å²) in [4.78, 5) is 64.9. The van der Waals surface area contributed by atoms with E-state index >= 15 is 0 Å². The number of carbonyl (C=O) groups excluding carboxylic acids is 4. The van der Waals surface area contributed by atoms with Crippen LogP contribution in [0.25, 0.3) is 10.9 Å². The van der Waals surface area contributed by atoms with Gasteiger partial charge in [0.25, 0.3) is 5.91 Å². The van der Waals surface area contributed by atoms with Crippen LogP contribution in [0, 0.1) is 17.3 Å². The number of alkyl halides is 3. The van der Waals surface area contributed by atoms with Gasteiger partial charge in [-0.2, -0.15) is 13.2 Å². The van der Waals surface area contributed by atoms with Gasteiger partial charge in [0.1, 0.15) is 41.7 Å². The molecule has 9 rings (SSSR count). The van der Waals surface area contributed by atoms with Crippen molar-refractivity contribution in [3.63, 3.8) is 0 Å². The first-order valence-corrected chi connectivity index (χ1v) is 25.4. The van der Waals surface area contributed by atoms with Crippen LogP contribution in [0.15, 0.2) is 36.9 Å². The maximum atomic E-state index is 14.9. The Morgan fingerprint density at radius 1 is 1.01 bits per heavy atom. The lowest BCUT2D eigenvalue weighted by Crippen LogP contribution is -2.60. The number of nitrogens with one attached hydrogen (secondary N) is 3. The van der Waals surface area contributed by atoms with E-state index in [9.17, 15) is 40.8 Å². The number of aromatic nitrogens is 1. The van der Waals surface area contributed by atoms with Crippen molar-refractivity contribution in [3.8, 4) is 11.6 Å². The minimum Gasteiger partial charge on any atom is -0.489 e. The maximum absolute atomic E-state index is 14.9. The molecule has 67 heavy (non-hydrogen) atoms. The molecule has 2 aromatic rings. The van der Waals surface area contributed by atoms with Crippen LogP contribution in [-0.2, 0) is 35.6 Å². The topological polar surface area (TPSA) is 186 Å². The first kappa shape index (κ1) is 47.4. The van der Waals surface area contributed by atoms with Gasteiger partial charge in [-0.15, -0.1) is 6.58 Å². The van der Waals surface area contributed by atoms with Gasteiger partial charge in [-0.1, -0.05) is 51.8 Å². The summed E-state index contributed by atoms with van der Waals surface area (Å²) < 4.78 is 88.0. The molecular formula is C48H63F3N6O9S. The van der Waals surface area contributed by atoms with Gasteiger partial charge in [0.05, 0.1) is 28.9 Å². The van der Waals surface area contributed by atoms with Crippen molar-refractivity contribution < 1.29 is 55.0 Å². The van der Waals surface area contributed by atoms with Gasteiger partial charge in [0.2, 0.25) is 27.7 Å². The van der Waals surface area contributed by atoms with Crippen LogP contribution in [0.2, 0.25) is 0 Å². The summed E-state index contributed by atoms with van der Waals surface area (Å²) in [6.07, 6.45) is 2.43. The normalized spacial score (nSPS) is 33.1. The van der Waals surface area contributed by atoms with E-state index in [-0.39, 0.29) is 55.5 Å². The third kappa shape index (κ3) is 9.69. The highest BCUT2D eigenvalue weighted by atomic mass is 32.2. The van der Waals surface area contributed by atoms with E-state index in [1.54, 1.807) is 32.6 Å². The number of piperidine rings is 1.